The fourth-order valence-corrected chi connectivity index (χ4v) is 1.19. The summed E-state index contributed by atoms with van der Waals surface area (Å²) in [5, 5.41) is 0. The van der Waals surface area contributed by atoms with E-state index in [4.69, 9.17) is 19.1 Å². The fourth-order valence-electron chi connectivity index (χ4n) is 1.19. The van der Waals surface area contributed by atoms with Gasteiger partial charge in [0, 0.05) is 0 Å². The second-order valence-electron chi connectivity index (χ2n) is 3.16. The first kappa shape index (κ1) is 14.2. The minimum atomic E-state index is -0.739. The lowest BCUT2D eigenvalue weighted by Crippen LogP contribution is -2.13. The van der Waals surface area contributed by atoms with Crippen molar-refractivity contribution in [1.82, 2.24) is 0 Å². The SMILES string of the molecule is O=C(Oc1ccccc1)Oc1ccccc1.O=C=O. The molecule has 5 heteroatoms. The van der Waals surface area contributed by atoms with Crippen molar-refractivity contribution in [3.8, 4) is 11.5 Å². The van der Waals surface area contributed by atoms with E-state index in [1.165, 1.54) is 0 Å². The molecule has 2 aromatic rings. The Hall–Kier alpha value is -2.91. The van der Waals surface area contributed by atoms with Crippen molar-refractivity contribution in [2.24, 2.45) is 0 Å². The third-order valence-corrected chi connectivity index (χ3v) is 1.89. The summed E-state index contributed by atoms with van der Waals surface area (Å²) in [6.45, 7) is 0. The topological polar surface area (TPSA) is 69.7 Å². The number of carbonyl (C=O) groups is 1. The van der Waals surface area contributed by atoms with Crippen molar-refractivity contribution in [2.45, 2.75) is 0 Å². The van der Waals surface area contributed by atoms with E-state index in [0.29, 0.717) is 11.5 Å². The highest BCUT2D eigenvalue weighted by atomic mass is 16.7. The second kappa shape index (κ2) is 8.22. The summed E-state index contributed by atoms with van der Waals surface area (Å²) < 4.78 is 9.91. The lowest BCUT2D eigenvalue weighted by atomic mass is 10.3. The summed E-state index contributed by atoms with van der Waals surface area (Å²) in [6, 6.07) is 17.6. The van der Waals surface area contributed by atoms with E-state index < -0.39 is 6.16 Å². The summed E-state index contributed by atoms with van der Waals surface area (Å²) in [6.07, 6.45) is -0.489. The van der Waals surface area contributed by atoms with Crippen LogP contribution in [0.2, 0.25) is 0 Å². The molecule has 0 atom stereocenters. The molecule has 0 aliphatic heterocycles. The highest BCUT2D eigenvalue weighted by Crippen LogP contribution is 2.12. The highest BCUT2D eigenvalue weighted by Gasteiger charge is 2.06. The van der Waals surface area contributed by atoms with Crippen LogP contribution in [0.25, 0.3) is 0 Å². The Labute approximate surface area is 109 Å². The fraction of sp³-hybridized carbons (Fsp3) is 0. The van der Waals surface area contributed by atoms with E-state index in [1.54, 1.807) is 48.5 Å². The zero-order valence-electron chi connectivity index (χ0n) is 9.81. The summed E-state index contributed by atoms with van der Waals surface area (Å²) in [5.74, 6) is 0.923. The number of para-hydroxylation sites is 2. The van der Waals surface area contributed by atoms with Crippen molar-refractivity contribution in [3.63, 3.8) is 0 Å². The third kappa shape index (κ3) is 5.81. The second-order valence-corrected chi connectivity index (χ2v) is 3.16. The Morgan fingerprint density at radius 2 is 1.05 bits per heavy atom. The van der Waals surface area contributed by atoms with Crippen LogP contribution in [0.5, 0.6) is 11.5 Å². The average molecular weight is 258 g/mol. The molecule has 19 heavy (non-hydrogen) atoms. The number of hydrogen-bond donors (Lipinski definition) is 0. The lowest BCUT2D eigenvalue weighted by molar-refractivity contribution is -0.191. The number of carbonyl (C=O) groups excluding carboxylic acids is 3. The Bertz CT molecular complexity index is 487. The standard InChI is InChI=1S/C13H10O3.CO2/c14-13(15-11-7-3-1-4-8-11)16-12-9-5-2-6-10-12;2-1-3/h1-10H;. The van der Waals surface area contributed by atoms with Gasteiger partial charge in [-0.25, -0.2) is 4.79 Å². The number of hydrogen-bond acceptors (Lipinski definition) is 5. The maximum Gasteiger partial charge on any atom is 0.519 e. The zero-order valence-corrected chi connectivity index (χ0v) is 9.81. The molecular formula is C14H10O5. The molecule has 0 saturated heterocycles. The molecule has 0 heterocycles. The smallest absolute Gasteiger partial charge is 0.395 e. The first-order valence-electron chi connectivity index (χ1n) is 5.25. The van der Waals surface area contributed by atoms with Gasteiger partial charge in [-0.15, -0.1) is 0 Å². The Kier molecular flexibility index (Phi) is 6.12. The molecule has 0 bridgehead atoms. The van der Waals surface area contributed by atoms with Crippen molar-refractivity contribution < 1.29 is 23.9 Å². The van der Waals surface area contributed by atoms with Gasteiger partial charge in [-0.05, 0) is 24.3 Å². The van der Waals surface area contributed by atoms with Gasteiger partial charge >= 0.3 is 12.3 Å². The molecule has 96 valence electrons. The minimum Gasteiger partial charge on any atom is -0.395 e. The van der Waals surface area contributed by atoms with Crippen LogP contribution in [0.4, 0.5) is 4.79 Å². The first-order chi connectivity index (χ1) is 9.26. The predicted octanol–water partition coefficient (Wildman–Crippen LogP) is 2.68. The maximum absolute atomic E-state index is 11.3. The van der Waals surface area contributed by atoms with Gasteiger partial charge < -0.3 is 9.47 Å². The van der Waals surface area contributed by atoms with Gasteiger partial charge in [0.25, 0.3) is 0 Å². The molecule has 0 radical (unpaired) electrons. The maximum atomic E-state index is 11.3. The number of ether oxygens (including phenoxy) is 2. The molecule has 0 fully saturated rings. The van der Waals surface area contributed by atoms with E-state index in [9.17, 15) is 4.79 Å². The van der Waals surface area contributed by atoms with Crippen LogP contribution in [0.15, 0.2) is 60.7 Å². The molecule has 2 rings (SSSR count). The van der Waals surface area contributed by atoms with Crippen LogP contribution in [0.3, 0.4) is 0 Å². The van der Waals surface area contributed by atoms with Gasteiger partial charge in [-0.3, -0.25) is 0 Å². The van der Waals surface area contributed by atoms with Crippen LogP contribution in [0, 0.1) is 0 Å². The first-order valence-corrected chi connectivity index (χ1v) is 5.25. The molecule has 0 amide bonds. The van der Waals surface area contributed by atoms with Crippen LogP contribution >= 0.6 is 0 Å². The predicted molar refractivity (Wildman–Crippen MR) is 64.5 cm³/mol. The summed E-state index contributed by atoms with van der Waals surface area (Å²) in [5.41, 5.74) is 0. The largest absolute Gasteiger partial charge is 0.519 e. The highest BCUT2D eigenvalue weighted by molar-refractivity contribution is 5.66. The van der Waals surface area contributed by atoms with E-state index in [1.807, 2.05) is 12.1 Å². The van der Waals surface area contributed by atoms with Crippen LogP contribution in [0.1, 0.15) is 0 Å². The van der Waals surface area contributed by atoms with Gasteiger partial charge in [-0.1, -0.05) is 36.4 Å². The molecular weight excluding hydrogens is 248 g/mol. The zero-order chi connectivity index (χ0) is 13.9. The van der Waals surface area contributed by atoms with Gasteiger partial charge in [-0.2, -0.15) is 9.59 Å². The molecule has 0 saturated carbocycles. The Morgan fingerprint density at radius 3 is 1.37 bits per heavy atom. The van der Waals surface area contributed by atoms with Crippen LogP contribution in [-0.4, -0.2) is 12.3 Å². The summed E-state index contributed by atoms with van der Waals surface area (Å²) in [4.78, 5) is 27.6. The molecule has 0 unspecified atom stereocenters. The van der Waals surface area contributed by atoms with Crippen molar-refractivity contribution in [1.29, 1.82) is 0 Å². The summed E-state index contributed by atoms with van der Waals surface area (Å²) in [7, 11) is 0. The van der Waals surface area contributed by atoms with Crippen molar-refractivity contribution >= 4 is 12.3 Å². The quantitative estimate of drug-likeness (QED) is 0.611. The molecule has 0 N–H and O–H groups in total. The molecule has 0 spiro atoms. The van der Waals surface area contributed by atoms with Gasteiger partial charge in [0.05, 0.1) is 0 Å². The van der Waals surface area contributed by atoms with E-state index in [-0.39, 0.29) is 6.15 Å². The number of benzene rings is 2. The minimum absolute atomic E-state index is 0.250. The monoisotopic (exact) mass is 258 g/mol. The third-order valence-electron chi connectivity index (χ3n) is 1.89. The normalized spacial score (nSPS) is 8.42. The van der Waals surface area contributed by atoms with Crippen LogP contribution < -0.4 is 9.47 Å². The van der Waals surface area contributed by atoms with Crippen molar-refractivity contribution in [2.75, 3.05) is 0 Å². The van der Waals surface area contributed by atoms with Gasteiger partial charge in [0.15, 0.2) is 0 Å². The Morgan fingerprint density at radius 1 is 0.737 bits per heavy atom. The van der Waals surface area contributed by atoms with E-state index >= 15 is 0 Å². The molecule has 0 aliphatic rings. The summed E-state index contributed by atoms with van der Waals surface area (Å²) >= 11 is 0. The molecule has 0 aliphatic carbocycles. The van der Waals surface area contributed by atoms with E-state index in [2.05, 4.69) is 0 Å². The molecule has 2 aromatic carbocycles. The van der Waals surface area contributed by atoms with Crippen molar-refractivity contribution in [3.05, 3.63) is 60.7 Å². The van der Waals surface area contributed by atoms with Gasteiger partial charge in [0.1, 0.15) is 11.5 Å². The average Bonchev–Trinajstić information content (AvgIpc) is 2.41. The van der Waals surface area contributed by atoms with Gasteiger partial charge in [0.2, 0.25) is 0 Å². The Balaban J connectivity index is 0.000000550. The van der Waals surface area contributed by atoms with Crippen LogP contribution in [-0.2, 0) is 9.59 Å². The number of rotatable bonds is 2. The van der Waals surface area contributed by atoms with E-state index in [0.717, 1.165) is 0 Å². The molecule has 0 aromatic heterocycles. The lowest BCUT2D eigenvalue weighted by Gasteiger charge is -2.04. The molecule has 5 nitrogen and oxygen atoms in total.